The standard InChI is InChI=1S/C28H34N7O5P/c1-17(2)35(18(3)4)41(38-12-8-11-29)40-22-13-24(34-16-32-25-19(5)30-15-31-26(25)34)39-23(22)14-33-27(36)20-9-6-7-10-21(20)28(33)37/h6-7,9-10,15-18,22-24H,8,12-14H2,1-5H3/t22-,23+,24+,41?/m0/s1. The fraction of sp³-hybridized carbons (Fsp3) is 0.500. The van der Waals surface area contributed by atoms with Crippen LogP contribution in [0.1, 0.15) is 73.2 Å². The molecule has 0 spiro atoms. The number of rotatable bonds is 11. The third kappa shape index (κ3) is 5.73. The molecule has 0 saturated carbocycles. The number of amides is 2. The molecule has 1 saturated heterocycles. The van der Waals surface area contributed by atoms with Crippen LogP contribution in [-0.4, -0.2) is 78.3 Å². The van der Waals surface area contributed by atoms with Crippen molar-refractivity contribution in [2.24, 2.45) is 0 Å². The molecule has 0 bridgehead atoms. The molecule has 2 aromatic heterocycles. The highest BCUT2D eigenvalue weighted by Crippen LogP contribution is 2.50. The first-order chi connectivity index (χ1) is 19.7. The van der Waals surface area contributed by atoms with Crippen molar-refractivity contribution in [3.05, 3.63) is 53.7 Å². The quantitative estimate of drug-likeness (QED) is 0.183. The summed E-state index contributed by atoms with van der Waals surface area (Å²) in [5.41, 5.74) is 2.81. The molecule has 41 heavy (non-hydrogen) atoms. The molecule has 5 rings (SSSR count). The van der Waals surface area contributed by atoms with Crippen LogP contribution >= 0.6 is 8.53 Å². The van der Waals surface area contributed by atoms with Crippen molar-refractivity contribution in [1.82, 2.24) is 29.1 Å². The van der Waals surface area contributed by atoms with E-state index >= 15 is 0 Å². The third-order valence-corrected chi connectivity index (χ3v) is 9.32. The largest absolute Gasteiger partial charge is 0.350 e. The molecule has 13 heteroatoms. The van der Waals surface area contributed by atoms with Crippen LogP contribution in [0, 0.1) is 18.3 Å². The Balaban J connectivity index is 1.46. The number of carbonyl (C=O) groups is 2. The minimum Gasteiger partial charge on any atom is -0.350 e. The van der Waals surface area contributed by atoms with Gasteiger partial charge in [-0.3, -0.25) is 19.1 Å². The molecule has 1 fully saturated rings. The number of aryl methyl sites for hydroxylation is 1. The van der Waals surface area contributed by atoms with E-state index in [1.54, 1.807) is 30.6 Å². The van der Waals surface area contributed by atoms with Gasteiger partial charge in [-0.2, -0.15) is 5.26 Å². The Morgan fingerprint density at radius 1 is 1.12 bits per heavy atom. The maximum Gasteiger partial charge on any atom is 0.261 e. The number of fused-ring (bicyclic) bond motifs is 2. The van der Waals surface area contributed by atoms with Crippen molar-refractivity contribution in [2.75, 3.05) is 13.2 Å². The number of aromatic nitrogens is 4. The van der Waals surface area contributed by atoms with Crippen LogP contribution in [-0.2, 0) is 13.8 Å². The lowest BCUT2D eigenvalue weighted by Crippen LogP contribution is -2.42. The third-order valence-electron chi connectivity index (χ3n) is 7.16. The second-order valence-corrected chi connectivity index (χ2v) is 12.0. The highest BCUT2D eigenvalue weighted by Gasteiger charge is 2.45. The molecule has 4 atom stereocenters. The average molecular weight is 580 g/mol. The van der Waals surface area contributed by atoms with E-state index in [2.05, 4.69) is 53.4 Å². The van der Waals surface area contributed by atoms with Crippen molar-refractivity contribution < 1.29 is 23.4 Å². The maximum absolute atomic E-state index is 13.2. The summed E-state index contributed by atoms with van der Waals surface area (Å²) in [6.07, 6.45) is 2.11. The fourth-order valence-corrected chi connectivity index (χ4v) is 7.08. The van der Waals surface area contributed by atoms with Gasteiger partial charge in [0, 0.05) is 18.5 Å². The predicted octanol–water partition coefficient (Wildman–Crippen LogP) is 4.38. The lowest BCUT2D eigenvalue weighted by molar-refractivity contribution is -0.0257. The zero-order chi connectivity index (χ0) is 29.3. The zero-order valence-corrected chi connectivity index (χ0v) is 24.7. The number of imidazole rings is 1. The van der Waals surface area contributed by atoms with E-state index in [1.165, 1.54) is 11.2 Å². The second kappa shape index (κ2) is 12.3. The van der Waals surface area contributed by atoms with Gasteiger partial charge in [-0.25, -0.2) is 19.6 Å². The molecule has 1 aromatic carbocycles. The number of carbonyl (C=O) groups excluding carboxylic acids is 2. The number of ether oxygens (including phenoxy) is 1. The molecule has 2 aliphatic rings. The Morgan fingerprint density at radius 2 is 1.80 bits per heavy atom. The first-order valence-electron chi connectivity index (χ1n) is 13.7. The zero-order valence-electron chi connectivity index (χ0n) is 23.8. The summed E-state index contributed by atoms with van der Waals surface area (Å²) in [5, 5.41) is 9.11. The van der Waals surface area contributed by atoms with Gasteiger partial charge in [0.05, 0.1) is 54.9 Å². The van der Waals surface area contributed by atoms with Gasteiger partial charge in [-0.15, -0.1) is 0 Å². The first kappa shape index (κ1) is 29.2. The van der Waals surface area contributed by atoms with Gasteiger partial charge in [0.1, 0.15) is 24.2 Å². The second-order valence-electron chi connectivity index (χ2n) is 10.6. The molecule has 2 amide bonds. The number of hydrogen-bond acceptors (Lipinski definition) is 10. The minimum absolute atomic E-state index is 0.0128. The number of nitrogens with zero attached hydrogens (tertiary/aromatic N) is 7. The van der Waals surface area contributed by atoms with E-state index in [-0.39, 0.29) is 43.5 Å². The van der Waals surface area contributed by atoms with E-state index in [9.17, 15) is 9.59 Å². The van der Waals surface area contributed by atoms with Crippen LogP contribution in [0.3, 0.4) is 0 Å². The van der Waals surface area contributed by atoms with Gasteiger partial charge in [-0.05, 0) is 46.8 Å². The highest BCUT2D eigenvalue weighted by molar-refractivity contribution is 7.44. The topological polar surface area (TPSA) is 136 Å². The summed E-state index contributed by atoms with van der Waals surface area (Å²) in [4.78, 5) is 40.8. The lowest BCUT2D eigenvalue weighted by atomic mass is 10.1. The van der Waals surface area contributed by atoms with Crippen LogP contribution in [0.15, 0.2) is 36.9 Å². The molecule has 216 valence electrons. The van der Waals surface area contributed by atoms with Crippen molar-refractivity contribution >= 4 is 31.5 Å². The van der Waals surface area contributed by atoms with Crippen molar-refractivity contribution in [3.8, 4) is 6.07 Å². The minimum atomic E-state index is -1.59. The van der Waals surface area contributed by atoms with Crippen molar-refractivity contribution in [2.45, 2.75) is 78.0 Å². The number of benzene rings is 1. The van der Waals surface area contributed by atoms with E-state index in [0.717, 1.165) is 5.69 Å². The summed E-state index contributed by atoms with van der Waals surface area (Å²) < 4.78 is 23.4. The number of imide groups is 1. The summed E-state index contributed by atoms with van der Waals surface area (Å²) in [5.74, 6) is -0.710. The van der Waals surface area contributed by atoms with E-state index in [0.29, 0.717) is 28.7 Å². The summed E-state index contributed by atoms with van der Waals surface area (Å²) >= 11 is 0. The van der Waals surface area contributed by atoms with E-state index in [1.807, 2.05) is 11.5 Å². The molecule has 0 radical (unpaired) electrons. The Bertz CT molecular complexity index is 1430. The van der Waals surface area contributed by atoms with Crippen molar-refractivity contribution in [1.29, 1.82) is 5.26 Å². The molecule has 2 aliphatic heterocycles. The van der Waals surface area contributed by atoms with Gasteiger partial charge in [0.2, 0.25) is 0 Å². The van der Waals surface area contributed by atoms with Gasteiger partial charge in [0.15, 0.2) is 5.65 Å². The van der Waals surface area contributed by atoms with Gasteiger partial charge in [-0.1, -0.05) is 12.1 Å². The van der Waals surface area contributed by atoms with E-state index < -0.39 is 27.0 Å². The smallest absolute Gasteiger partial charge is 0.261 e. The molecule has 12 nitrogen and oxygen atoms in total. The van der Waals surface area contributed by atoms with Crippen LogP contribution in [0.25, 0.3) is 11.2 Å². The monoisotopic (exact) mass is 579 g/mol. The average Bonchev–Trinajstić information content (AvgIpc) is 3.61. The maximum atomic E-state index is 13.2. The van der Waals surface area contributed by atoms with Crippen LogP contribution in [0.4, 0.5) is 0 Å². The Labute approximate surface area is 240 Å². The highest BCUT2D eigenvalue weighted by atomic mass is 31.2. The summed E-state index contributed by atoms with van der Waals surface area (Å²) in [6, 6.07) is 9.14. The van der Waals surface area contributed by atoms with Gasteiger partial charge >= 0.3 is 0 Å². The SMILES string of the molecule is Cc1ncnc2c1ncn2[C@H]1C[C@H](OP(OCCC#N)N(C(C)C)C(C)C)[C@@H](CN2C(=O)c3ccccc3C2=O)O1. The van der Waals surface area contributed by atoms with Crippen molar-refractivity contribution in [3.63, 3.8) is 0 Å². The van der Waals surface area contributed by atoms with Crippen LogP contribution < -0.4 is 0 Å². The lowest BCUT2D eigenvalue weighted by Gasteiger charge is -2.37. The Kier molecular flexibility index (Phi) is 8.73. The molecular weight excluding hydrogens is 545 g/mol. The molecule has 4 heterocycles. The van der Waals surface area contributed by atoms with E-state index in [4.69, 9.17) is 19.0 Å². The molecule has 0 aliphatic carbocycles. The normalized spacial score (nSPS) is 21.4. The predicted molar refractivity (Wildman–Crippen MR) is 150 cm³/mol. The first-order valence-corrected chi connectivity index (χ1v) is 14.8. The molecule has 0 N–H and O–H groups in total. The Hall–Kier alpha value is -3.33. The molecular formula is C28H34N7O5P. The van der Waals surface area contributed by atoms with Gasteiger partial charge in [0.25, 0.3) is 20.3 Å². The number of nitriles is 1. The van der Waals surface area contributed by atoms with Gasteiger partial charge < -0.3 is 13.8 Å². The van der Waals surface area contributed by atoms with Crippen LogP contribution in [0.2, 0.25) is 0 Å². The number of hydrogen-bond donors (Lipinski definition) is 0. The molecule has 1 unspecified atom stereocenters. The Morgan fingerprint density at radius 3 is 2.44 bits per heavy atom. The summed E-state index contributed by atoms with van der Waals surface area (Å²) in [7, 11) is -1.59. The van der Waals surface area contributed by atoms with Crippen LogP contribution in [0.5, 0.6) is 0 Å². The fourth-order valence-electron chi connectivity index (χ4n) is 5.32. The molecule has 3 aromatic rings. The summed E-state index contributed by atoms with van der Waals surface area (Å²) in [6.45, 7) is 10.4.